The fourth-order valence-corrected chi connectivity index (χ4v) is 10.1. The molecule has 14 nitrogen and oxygen atoms in total. The molecule has 7 rings (SSSR count). The SMILES string of the molecule is CCC[C@@]1(CCc2ccccc2)CC(O)=C([C@H](CC)c2cccc(N)c2)C(=O)O1.CCC[C@@]1(CCc2ccccc2)CC(O)=C([C@H](CC)c2cccc(NC(=O)CBr)c2)C(=O)O1.O=C(CBr)ON1C(=O)CCC1=O. The summed E-state index contributed by atoms with van der Waals surface area (Å²) in [4.78, 5) is 74.9. The molecule has 0 spiro atoms. The molecule has 4 aromatic rings. The third-order valence-corrected chi connectivity index (χ3v) is 14.3. The molecule has 5 N–H and O–H groups in total. The normalized spacial score (nSPS) is 19.3. The topological polar surface area (TPSA) is 212 Å². The summed E-state index contributed by atoms with van der Waals surface area (Å²) in [7, 11) is 0. The number of aliphatic hydroxyl groups is 2. The molecular weight excluding hydrogens is 1070 g/mol. The monoisotopic (exact) mass is 1140 g/mol. The van der Waals surface area contributed by atoms with Crippen LogP contribution in [0.4, 0.5) is 11.4 Å². The molecule has 0 aromatic heterocycles. The number of ether oxygens (including phenoxy) is 2. The van der Waals surface area contributed by atoms with Crippen molar-refractivity contribution in [2.24, 2.45) is 0 Å². The summed E-state index contributed by atoms with van der Waals surface area (Å²) in [5.74, 6) is -2.82. The molecule has 396 valence electrons. The number of alkyl halides is 2. The highest BCUT2D eigenvalue weighted by Gasteiger charge is 2.44. The van der Waals surface area contributed by atoms with Crippen LogP contribution in [0.3, 0.4) is 0 Å². The molecule has 3 aliphatic rings. The maximum Gasteiger partial charge on any atom is 0.343 e. The largest absolute Gasteiger partial charge is 0.512 e. The van der Waals surface area contributed by atoms with Crippen molar-refractivity contribution >= 4 is 78.9 Å². The van der Waals surface area contributed by atoms with E-state index in [0.29, 0.717) is 72.5 Å². The van der Waals surface area contributed by atoms with Gasteiger partial charge in [0.25, 0.3) is 11.8 Å². The van der Waals surface area contributed by atoms with Crippen molar-refractivity contribution in [2.75, 3.05) is 21.7 Å². The van der Waals surface area contributed by atoms with Crippen molar-refractivity contribution in [3.05, 3.63) is 154 Å². The Morgan fingerprint density at radius 3 is 1.51 bits per heavy atom. The number of hydroxylamine groups is 2. The number of halogens is 2. The van der Waals surface area contributed by atoms with Crippen LogP contribution < -0.4 is 11.1 Å². The Kier molecular flexibility index (Phi) is 22.5. The van der Waals surface area contributed by atoms with Gasteiger partial charge in [-0.15, -0.1) is 5.06 Å². The highest BCUT2D eigenvalue weighted by atomic mass is 79.9. The summed E-state index contributed by atoms with van der Waals surface area (Å²) in [6.07, 6.45) is 8.37. The molecule has 4 atom stereocenters. The summed E-state index contributed by atoms with van der Waals surface area (Å²) in [5.41, 5.74) is 10.8. The number of nitrogens with two attached hydrogens (primary N) is 1. The number of aryl methyl sites for hydroxylation is 2. The van der Waals surface area contributed by atoms with Gasteiger partial charge in [0.1, 0.15) is 28.1 Å². The molecule has 0 saturated carbocycles. The number of amides is 3. The van der Waals surface area contributed by atoms with Gasteiger partial charge in [-0.1, -0.05) is 157 Å². The lowest BCUT2D eigenvalue weighted by atomic mass is 9.80. The molecule has 0 unspecified atom stereocenters. The minimum atomic E-state index is -0.695. The van der Waals surface area contributed by atoms with Crippen molar-refractivity contribution in [2.45, 2.75) is 141 Å². The van der Waals surface area contributed by atoms with Crippen molar-refractivity contribution in [1.82, 2.24) is 5.06 Å². The molecule has 3 aliphatic heterocycles. The zero-order chi connectivity index (χ0) is 53.8. The van der Waals surface area contributed by atoms with Gasteiger partial charge in [0.05, 0.1) is 16.5 Å². The summed E-state index contributed by atoms with van der Waals surface area (Å²) in [6, 6.07) is 35.2. The molecule has 16 heteroatoms. The van der Waals surface area contributed by atoms with Crippen LogP contribution in [0.25, 0.3) is 0 Å². The van der Waals surface area contributed by atoms with Gasteiger partial charge < -0.3 is 35.6 Å². The van der Waals surface area contributed by atoms with Crippen LogP contribution in [-0.2, 0) is 55.9 Å². The van der Waals surface area contributed by atoms with Crippen LogP contribution >= 0.6 is 31.9 Å². The highest BCUT2D eigenvalue weighted by molar-refractivity contribution is 9.09. The molecule has 4 aromatic carbocycles. The molecule has 3 amide bonds. The number of nitrogen functional groups attached to an aromatic ring is 1. The smallest absolute Gasteiger partial charge is 0.343 e. The first-order valence-electron chi connectivity index (χ1n) is 25.4. The van der Waals surface area contributed by atoms with Crippen molar-refractivity contribution in [3.63, 3.8) is 0 Å². The first-order valence-corrected chi connectivity index (χ1v) is 27.6. The second kappa shape index (κ2) is 28.4. The Morgan fingerprint density at radius 2 is 1.11 bits per heavy atom. The van der Waals surface area contributed by atoms with Gasteiger partial charge in [-0.25, -0.2) is 14.4 Å². The fourth-order valence-electron chi connectivity index (χ4n) is 9.85. The molecule has 1 fully saturated rings. The number of esters is 2. The van der Waals surface area contributed by atoms with Crippen LogP contribution in [0.5, 0.6) is 0 Å². The number of cyclic esters (lactones) is 2. The van der Waals surface area contributed by atoms with E-state index in [1.54, 1.807) is 6.07 Å². The summed E-state index contributed by atoms with van der Waals surface area (Å²) >= 11 is 5.99. The third kappa shape index (κ3) is 16.1. The molecule has 74 heavy (non-hydrogen) atoms. The van der Waals surface area contributed by atoms with E-state index in [9.17, 15) is 39.0 Å². The van der Waals surface area contributed by atoms with Gasteiger partial charge in [-0.2, -0.15) is 0 Å². The Labute approximate surface area is 451 Å². The molecule has 3 heterocycles. The number of hydrogen-bond donors (Lipinski definition) is 4. The number of aliphatic hydroxyl groups excluding tert-OH is 2. The third-order valence-electron chi connectivity index (χ3n) is 13.3. The molecule has 0 radical (unpaired) electrons. The van der Waals surface area contributed by atoms with Gasteiger partial charge in [0.15, 0.2) is 0 Å². The maximum atomic E-state index is 13.3. The second-order valence-electron chi connectivity index (χ2n) is 18.8. The number of anilines is 2. The second-order valence-corrected chi connectivity index (χ2v) is 19.9. The van der Waals surface area contributed by atoms with E-state index in [1.165, 1.54) is 11.1 Å². The fraction of sp³-hybridized carbons (Fsp3) is 0.414. The number of hydrogen-bond acceptors (Lipinski definition) is 12. The average molecular weight is 1140 g/mol. The Hall–Kier alpha value is -6.26. The molecular formula is C58H69Br2N3O11. The lowest BCUT2D eigenvalue weighted by Crippen LogP contribution is -2.41. The number of imide groups is 1. The van der Waals surface area contributed by atoms with E-state index in [1.807, 2.05) is 92.7 Å². The summed E-state index contributed by atoms with van der Waals surface area (Å²) < 4.78 is 12.2. The summed E-state index contributed by atoms with van der Waals surface area (Å²) in [6.45, 7) is 8.13. The average Bonchev–Trinajstić information content (AvgIpc) is 3.70. The molecule has 0 aliphatic carbocycles. The van der Waals surface area contributed by atoms with Crippen molar-refractivity contribution < 1.29 is 53.3 Å². The van der Waals surface area contributed by atoms with E-state index in [4.69, 9.17) is 15.2 Å². The van der Waals surface area contributed by atoms with E-state index in [2.05, 4.69) is 80.1 Å². The van der Waals surface area contributed by atoms with Crippen LogP contribution in [-0.4, -0.2) is 72.8 Å². The Morgan fingerprint density at radius 1 is 0.649 bits per heavy atom. The van der Waals surface area contributed by atoms with Gasteiger partial charge >= 0.3 is 17.9 Å². The highest BCUT2D eigenvalue weighted by Crippen LogP contribution is 2.44. The van der Waals surface area contributed by atoms with Crippen molar-refractivity contribution in [3.8, 4) is 0 Å². The predicted octanol–water partition coefficient (Wildman–Crippen LogP) is 12.1. The first kappa shape index (κ1) is 58.6. The zero-order valence-electron chi connectivity index (χ0n) is 42.7. The van der Waals surface area contributed by atoms with Crippen LogP contribution in [0.1, 0.15) is 139 Å². The number of nitrogens with one attached hydrogen (secondary N) is 1. The number of rotatable bonds is 20. The molecule has 0 bridgehead atoms. The van der Waals surface area contributed by atoms with Gasteiger partial charge in [-0.05, 0) is 97.9 Å². The Bertz CT molecular complexity index is 2630. The zero-order valence-corrected chi connectivity index (χ0v) is 45.9. The predicted molar refractivity (Wildman–Crippen MR) is 292 cm³/mol. The number of benzene rings is 4. The van der Waals surface area contributed by atoms with Crippen molar-refractivity contribution in [1.29, 1.82) is 0 Å². The standard InChI is InChI=1S/C27H32BrNO4.C25H31NO3.C6H6BrNO4/c1-3-14-27(15-13-19-9-6-5-7-10-19)17-23(30)25(26(32)33-27)22(4-2)20-11-8-12-21(16-20)29-24(31)18-28;1-3-14-25(15-13-18-9-6-5-7-10-18)17-22(27)23(24(28)29-25)21(4-2)19-11-8-12-20(26)16-19;7-3-6(11)12-8-4(9)1-2-5(8)10/h5-12,16,22,30H,3-4,13-15,17-18H2,1-2H3,(H,29,31);5-12,16,21,27H,3-4,13-15,17,26H2,1-2H3;1-3H2/t22-,27-;21-,25-;/m11./s1. The summed E-state index contributed by atoms with van der Waals surface area (Å²) in [5, 5.41) is 25.6. The number of nitrogens with zero attached hydrogens (tertiary/aromatic N) is 1. The maximum absolute atomic E-state index is 13.3. The quantitative estimate of drug-likeness (QED) is 0.0282. The number of carbonyl (C=O) groups is 6. The van der Waals surface area contributed by atoms with E-state index < -0.39 is 40.9 Å². The van der Waals surface area contributed by atoms with Gasteiger partial charge in [-0.3, -0.25) is 14.4 Å². The van der Waals surface area contributed by atoms with E-state index >= 15 is 0 Å². The first-order chi connectivity index (χ1) is 35.5. The van der Waals surface area contributed by atoms with E-state index in [0.717, 1.165) is 43.2 Å². The minimum Gasteiger partial charge on any atom is -0.512 e. The van der Waals surface area contributed by atoms with Crippen LogP contribution in [0.15, 0.2) is 132 Å². The Balaban J connectivity index is 0.000000226. The lowest BCUT2D eigenvalue weighted by Gasteiger charge is -2.38. The van der Waals surface area contributed by atoms with Gasteiger partial charge in [0, 0.05) is 48.9 Å². The number of carbonyl (C=O) groups excluding carboxylic acids is 6. The molecule has 1 saturated heterocycles. The van der Waals surface area contributed by atoms with Crippen LogP contribution in [0, 0.1) is 0 Å². The lowest BCUT2D eigenvalue weighted by molar-refractivity contribution is -0.195. The van der Waals surface area contributed by atoms with E-state index in [-0.39, 0.29) is 52.8 Å². The van der Waals surface area contributed by atoms with Crippen LogP contribution in [0.2, 0.25) is 0 Å². The van der Waals surface area contributed by atoms with Gasteiger partial charge in [0.2, 0.25) is 5.91 Å². The minimum absolute atomic E-state index is 0.0376.